The molecule has 1 N–H and O–H groups in total. The normalized spacial score (nSPS) is 13.5. The van der Waals surface area contributed by atoms with Crippen LogP contribution in [0.1, 0.15) is 11.1 Å². The fourth-order valence-corrected chi connectivity index (χ4v) is 3.39. The molecule has 29 heavy (non-hydrogen) atoms. The molecule has 6 nitrogen and oxygen atoms in total. The van der Waals surface area contributed by atoms with Crippen molar-refractivity contribution in [1.29, 1.82) is 0 Å². The molecular weight excluding hydrogens is 364 g/mol. The van der Waals surface area contributed by atoms with Gasteiger partial charge in [-0.2, -0.15) is 0 Å². The summed E-state index contributed by atoms with van der Waals surface area (Å²) in [6.45, 7) is 3.37. The Hall–Kier alpha value is -3.15. The Bertz CT molecular complexity index is 854. The number of rotatable bonds is 7. The third kappa shape index (κ3) is 5.22. The molecule has 2 aromatic carbocycles. The van der Waals surface area contributed by atoms with Crippen molar-refractivity contribution < 1.29 is 9.47 Å². The summed E-state index contributed by atoms with van der Waals surface area (Å²) >= 11 is 0. The first-order valence-electron chi connectivity index (χ1n) is 9.76. The highest BCUT2D eigenvalue weighted by atomic mass is 16.5. The molecule has 1 aliphatic heterocycles. The lowest BCUT2D eigenvalue weighted by Gasteiger charge is -2.23. The van der Waals surface area contributed by atoms with E-state index in [0.29, 0.717) is 6.54 Å². The number of methoxy groups -OCH3 is 2. The highest BCUT2D eigenvalue weighted by Crippen LogP contribution is 2.25. The average Bonchev–Trinajstić information content (AvgIpc) is 3.30. The number of guanidine groups is 1. The van der Waals surface area contributed by atoms with Gasteiger partial charge >= 0.3 is 0 Å². The van der Waals surface area contributed by atoms with Crippen LogP contribution in [0.2, 0.25) is 0 Å². The van der Waals surface area contributed by atoms with Crippen molar-refractivity contribution >= 4 is 11.6 Å². The molecule has 2 aromatic rings. The van der Waals surface area contributed by atoms with Crippen LogP contribution >= 0.6 is 0 Å². The molecule has 0 unspecified atom stereocenters. The molecule has 154 valence electrons. The molecule has 6 heteroatoms. The number of ether oxygens (including phenoxy) is 2. The lowest BCUT2D eigenvalue weighted by molar-refractivity contribution is 0.382. The van der Waals surface area contributed by atoms with Crippen LogP contribution in [0, 0.1) is 0 Å². The minimum Gasteiger partial charge on any atom is -0.497 e. The predicted octanol–water partition coefficient (Wildman–Crippen LogP) is 3.29. The number of nitrogens with one attached hydrogen (secondary N) is 1. The summed E-state index contributed by atoms with van der Waals surface area (Å²) in [5.41, 5.74) is 3.55. The highest BCUT2D eigenvalue weighted by molar-refractivity contribution is 5.79. The standard InChI is InChI=1S/C23H30N4O2/c1-24-23(26(2)17-19-9-12-21(28-3)15-22(19)29-4)25-16-18-7-10-20(11-8-18)27-13-5-6-14-27/h5-12,15H,13-14,16-17H2,1-4H3,(H,24,25). The zero-order valence-corrected chi connectivity index (χ0v) is 17.7. The van der Waals surface area contributed by atoms with Gasteiger partial charge < -0.3 is 24.6 Å². The second kappa shape index (κ2) is 9.87. The quantitative estimate of drug-likeness (QED) is 0.444. The highest BCUT2D eigenvalue weighted by Gasteiger charge is 2.12. The number of aliphatic imine (C=N–C) groups is 1. The van der Waals surface area contributed by atoms with E-state index in [4.69, 9.17) is 9.47 Å². The van der Waals surface area contributed by atoms with Gasteiger partial charge in [0.15, 0.2) is 5.96 Å². The van der Waals surface area contributed by atoms with Crippen molar-refractivity contribution in [2.24, 2.45) is 4.99 Å². The molecule has 0 saturated heterocycles. The number of hydrogen-bond donors (Lipinski definition) is 1. The summed E-state index contributed by atoms with van der Waals surface area (Å²) in [5.74, 6) is 2.42. The van der Waals surface area contributed by atoms with Crippen LogP contribution in [0.5, 0.6) is 11.5 Å². The van der Waals surface area contributed by atoms with Gasteiger partial charge in [0.1, 0.15) is 11.5 Å². The van der Waals surface area contributed by atoms with E-state index >= 15 is 0 Å². The summed E-state index contributed by atoms with van der Waals surface area (Å²) in [4.78, 5) is 8.84. The van der Waals surface area contributed by atoms with Gasteiger partial charge in [-0.05, 0) is 29.8 Å². The molecular formula is C23H30N4O2. The zero-order chi connectivity index (χ0) is 20.6. The van der Waals surface area contributed by atoms with Crippen LogP contribution in [0.4, 0.5) is 5.69 Å². The monoisotopic (exact) mass is 394 g/mol. The molecule has 0 spiro atoms. The lowest BCUT2D eigenvalue weighted by atomic mass is 10.1. The first kappa shape index (κ1) is 20.6. The van der Waals surface area contributed by atoms with Gasteiger partial charge in [-0.15, -0.1) is 0 Å². The number of benzene rings is 2. The van der Waals surface area contributed by atoms with Crippen LogP contribution in [0.25, 0.3) is 0 Å². The Balaban J connectivity index is 1.58. The van der Waals surface area contributed by atoms with Crippen LogP contribution in [0.3, 0.4) is 0 Å². The minimum absolute atomic E-state index is 0.674. The first-order valence-corrected chi connectivity index (χ1v) is 9.76. The lowest BCUT2D eigenvalue weighted by Crippen LogP contribution is -2.38. The van der Waals surface area contributed by atoms with Gasteiger partial charge in [0.2, 0.25) is 0 Å². The molecule has 0 aliphatic carbocycles. The Morgan fingerprint density at radius 3 is 2.41 bits per heavy atom. The predicted molar refractivity (Wildman–Crippen MR) is 119 cm³/mol. The summed E-state index contributed by atoms with van der Waals surface area (Å²) in [6, 6.07) is 14.6. The van der Waals surface area contributed by atoms with Gasteiger partial charge in [-0.3, -0.25) is 4.99 Å². The molecule has 1 heterocycles. The van der Waals surface area contributed by atoms with E-state index in [-0.39, 0.29) is 0 Å². The Morgan fingerprint density at radius 1 is 1.07 bits per heavy atom. The van der Waals surface area contributed by atoms with Crippen molar-refractivity contribution in [3.63, 3.8) is 0 Å². The SMILES string of the molecule is CN=C(NCc1ccc(N2CC=CC2)cc1)N(C)Cc1ccc(OC)cc1OC. The second-order valence-electron chi connectivity index (χ2n) is 6.98. The van der Waals surface area contributed by atoms with Crippen molar-refractivity contribution in [3.05, 3.63) is 65.7 Å². The van der Waals surface area contributed by atoms with E-state index < -0.39 is 0 Å². The van der Waals surface area contributed by atoms with Crippen LogP contribution in [-0.2, 0) is 13.1 Å². The minimum atomic E-state index is 0.674. The van der Waals surface area contributed by atoms with Crippen LogP contribution in [0.15, 0.2) is 59.6 Å². The third-order valence-electron chi connectivity index (χ3n) is 5.05. The summed E-state index contributed by atoms with van der Waals surface area (Å²) in [6.07, 6.45) is 4.40. The van der Waals surface area contributed by atoms with Crippen LogP contribution < -0.4 is 19.7 Å². The molecule has 0 aromatic heterocycles. The number of hydrogen-bond acceptors (Lipinski definition) is 4. The van der Waals surface area contributed by atoms with Gasteiger partial charge in [0.25, 0.3) is 0 Å². The van der Waals surface area contributed by atoms with E-state index in [1.807, 2.05) is 25.2 Å². The maximum atomic E-state index is 5.51. The maximum absolute atomic E-state index is 5.51. The zero-order valence-electron chi connectivity index (χ0n) is 17.7. The van der Waals surface area contributed by atoms with Crippen molar-refractivity contribution in [2.45, 2.75) is 13.1 Å². The maximum Gasteiger partial charge on any atom is 0.193 e. The molecule has 1 aliphatic rings. The van der Waals surface area contributed by atoms with Gasteiger partial charge in [-0.25, -0.2) is 0 Å². The number of nitrogens with zero attached hydrogens (tertiary/aromatic N) is 3. The molecule has 0 atom stereocenters. The van der Waals surface area contributed by atoms with Gasteiger partial charge in [0.05, 0.1) is 14.2 Å². The fourth-order valence-electron chi connectivity index (χ4n) is 3.39. The van der Waals surface area contributed by atoms with Crippen molar-refractivity contribution in [2.75, 3.05) is 46.3 Å². The summed E-state index contributed by atoms with van der Waals surface area (Å²) in [5, 5.41) is 3.44. The smallest absolute Gasteiger partial charge is 0.193 e. The molecule has 0 saturated carbocycles. The molecule has 0 bridgehead atoms. The molecule has 0 fully saturated rings. The first-order chi connectivity index (χ1) is 14.1. The van der Waals surface area contributed by atoms with E-state index in [2.05, 4.69) is 56.5 Å². The fraction of sp³-hybridized carbons (Fsp3) is 0.348. The Kier molecular flexibility index (Phi) is 7.00. The Morgan fingerprint density at radius 2 is 1.79 bits per heavy atom. The third-order valence-corrected chi connectivity index (χ3v) is 5.05. The van der Waals surface area contributed by atoms with E-state index in [1.165, 1.54) is 11.3 Å². The summed E-state index contributed by atoms with van der Waals surface area (Å²) in [7, 11) is 7.14. The van der Waals surface area contributed by atoms with Crippen molar-refractivity contribution in [3.8, 4) is 11.5 Å². The average molecular weight is 395 g/mol. The van der Waals surface area contributed by atoms with Crippen LogP contribution in [-0.4, -0.2) is 52.3 Å². The second-order valence-corrected chi connectivity index (χ2v) is 6.98. The topological polar surface area (TPSA) is 49.3 Å². The molecule has 0 radical (unpaired) electrons. The molecule has 0 amide bonds. The summed E-state index contributed by atoms with van der Waals surface area (Å²) < 4.78 is 10.8. The van der Waals surface area contributed by atoms with E-state index in [1.54, 1.807) is 21.3 Å². The Labute approximate surface area is 173 Å². The van der Waals surface area contributed by atoms with Gasteiger partial charge in [-0.1, -0.05) is 24.3 Å². The van der Waals surface area contributed by atoms with Gasteiger partial charge in [0, 0.05) is 57.6 Å². The van der Waals surface area contributed by atoms with E-state index in [0.717, 1.165) is 42.7 Å². The van der Waals surface area contributed by atoms with E-state index in [9.17, 15) is 0 Å². The largest absolute Gasteiger partial charge is 0.497 e. The van der Waals surface area contributed by atoms with Crippen molar-refractivity contribution in [1.82, 2.24) is 10.2 Å². The molecule has 3 rings (SSSR count). The number of anilines is 1.